The molecule has 0 aromatic heterocycles. The van der Waals surface area contributed by atoms with E-state index in [2.05, 4.69) is 6.58 Å². The lowest BCUT2D eigenvalue weighted by atomic mass is 9.79. The Morgan fingerprint density at radius 1 is 0.368 bits per heavy atom. The quantitative estimate of drug-likeness (QED) is 0.228. The first-order valence-corrected chi connectivity index (χ1v) is 26.5. The van der Waals surface area contributed by atoms with Gasteiger partial charge in [-0.2, -0.15) is 0 Å². The molecule has 0 atom stereocenters. The first-order chi connectivity index (χ1) is 28.1. The molecule has 4 saturated carbocycles. The summed E-state index contributed by atoms with van der Waals surface area (Å²) in [6.07, 6.45) is 67.2. The van der Waals surface area contributed by atoms with E-state index in [0.717, 1.165) is 25.7 Å². The van der Waals surface area contributed by atoms with Crippen molar-refractivity contribution < 1.29 is 14.6 Å². The van der Waals surface area contributed by atoms with E-state index in [-0.39, 0.29) is 18.0 Å². The van der Waals surface area contributed by atoms with Gasteiger partial charge >= 0.3 is 5.97 Å². The highest BCUT2D eigenvalue weighted by Crippen LogP contribution is 2.33. The minimum absolute atomic E-state index is 0.108. The van der Waals surface area contributed by atoms with Crippen LogP contribution in [0.15, 0.2) is 12.2 Å². The van der Waals surface area contributed by atoms with Gasteiger partial charge in [-0.25, -0.2) is 4.79 Å². The minimum Gasteiger partial charge on any atom is -0.462 e. The van der Waals surface area contributed by atoms with Crippen LogP contribution in [0.1, 0.15) is 309 Å². The van der Waals surface area contributed by atoms with Crippen molar-refractivity contribution in [2.75, 3.05) is 13.2 Å². The molecule has 0 spiro atoms. The second kappa shape index (κ2) is 43.3. The lowest BCUT2D eigenvalue weighted by Crippen LogP contribution is -2.32. The molecule has 1 N–H and O–H groups in total. The fraction of sp³-hybridized carbons (Fsp3) is 0.944. The number of esters is 1. The van der Waals surface area contributed by atoms with E-state index in [0.29, 0.717) is 12.2 Å². The van der Waals surface area contributed by atoms with Crippen LogP contribution in [0.2, 0.25) is 0 Å². The van der Waals surface area contributed by atoms with E-state index in [1.54, 1.807) is 6.92 Å². The summed E-state index contributed by atoms with van der Waals surface area (Å²) in [7, 11) is 0. The van der Waals surface area contributed by atoms with Crippen LogP contribution in [0.25, 0.3) is 0 Å². The molecule has 338 valence electrons. The van der Waals surface area contributed by atoms with E-state index in [1.165, 1.54) is 276 Å². The molecule has 0 amide bonds. The molecule has 0 radical (unpaired) electrons. The average Bonchev–Trinajstić information content (AvgIpc) is 3.19. The van der Waals surface area contributed by atoms with Crippen LogP contribution >= 0.6 is 0 Å². The Hall–Kier alpha value is -0.830. The lowest BCUT2D eigenvalue weighted by Gasteiger charge is -2.32. The van der Waals surface area contributed by atoms with Crippen molar-refractivity contribution in [2.45, 2.75) is 309 Å². The van der Waals surface area contributed by atoms with Crippen molar-refractivity contribution >= 4 is 5.97 Å². The number of aliphatic hydroxyl groups excluding tert-OH is 1. The van der Waals surface area contributed by atoms with Crippen LogP contribution in [0.4, 0.5) is 0 Å². The first kappa shape index (κ1) is 54.2. The Kier molecular flexibility index (Phi) is 41.1. The maximum absolute atomic E-state index is 11.6. The van der Waals surface area contributed by atoms with Crippen LogP contribution in [0.3, 0.4) is 0 Å². The third kappa shape index (κ3) is 37.9. The molecule has 0 aliphatic heterocycles. The van der Waals surface area contributed by atoms with Gasteiger partial charge in [-0.1, -0.05) is 296 Å². The van der Waals surface area contributed by atoms with Gasteiger partial charge in [0.2, 0.25) is 0 Å². The Bertz CT molecular complexity index is 637. The second-order valence-corrected chi connectivity index (χ2v) is 19.4. The molecular formula is C54H104O3. The Labute approximate surface area is 358 Å². The van der Waals surface area contributed by atoms with Crippen molar-refractivity contribution in [1.29, 1.82) is 0 Å². The smallest absolute Gasteiger partial charge is 0.333 e. The highest BCUT2D eigenvalue weighted by molar-refractivity contribution is 5.86. The van der Waals surface area contributed by atoms with Crippen LogP contribution < -0.4 is 0 Å². The standard InChI is InChI=1S/C18H32O3.3C12H24/c1-16(2)17(20)21-15-18(14-19)12-10-8-6-4-3-5-7-9-11-13-18;3*1-2-4-6-8-10-12-11-9-7-5-3-1/h19H,1,3-15H2,2H3;3*1-12H2. The molecule has 4 aliphatic rings. The summed E-state index contributed by atoms with van der Waals surface area (Å²) >= 11 is 0. The Morgan fingerprint density at radius 3 is 0.667 bits per heavy atom. The number of aliphatic hydroxyl groups is 1. The normalized spacial score (nSPS) is 22.8. The third-order valence-corrected chi connectivity index (χ3v) is 13.6. The predicted molar refractivity (Wildman–Crippen MR) is 252 cm³/mol. The summed E-state index contributed by atoms with van der Waals surface area (Å²) < 4.78 is 5.36. The maximum atomic E-state index is 11.6. The van der Waals surface area contributed by atoms with Crippen molar-refractivity contribution in [1.82, 2.24) is 0 Å². The van der Waals surface area contributed by atoms with Gasteiger partial charge in [-0.05, 0) is 19.8 Å². The maximum Gasteiger partial charge on any atom is 0.333 e. The summed E-state index contributed by atoms with van der Waals surface area (Å²) in [5, 5.41) is 9.88. The zero-order valence-electron chi connectivity index (χ0n) is 39.1. The second-order valence-electron chi connectivity index (χ2n) is 19.4. The summed E-state index contributed by atoms with van der Waals surface area (Å²) in [4.78, 5) is 11.6. The lowest BCUT2D eigenvalue weighted by molar-refractivity contribution is -0.144. The van der Waals surface area contributed by atoms with Gasteiger partial charge in [0.15, 0.2) is 0 Å². The van der Waals surface area contributed by atoms with Crippen LogP contribution in [0.5, 0.6) is 0 Å². The van der Waals surface area contributed by atoms with Crippen molar-refractivity contribution in [3.8, 4) is 0 Å². The van der Waals surface area contributed by atoms with Gasteiger partial charge in [-0.3, -0.25) is 0 Å². The summed E-state index contributed by atoms with van der Waals surface area (Å²) in [5.41, 5.74) is 0.181. The fourth-order valence-corrected chi connectivity index (χ4v) is 9.42. The number of hydrogen-bond acceptors (Lipinski definition) is 3. The molecule has 0 aromatic carbocycles. The van der Waals surface area contributed by atoms with Gasteiger partial charge in [-0.15, -0.1) is 0 Å². The molecular weight excluding hydrogens is 697 g/mol. The summed E-state index contributed by atoms with van der Waals surface area (Å²) in [5.74, 6) is -0.339. The van der Waals surface area contributed by atoms with Gasteiger partial charge in [0.05, 0.1) is 13.2 Å². The Balaban J connectivity index is 0.000000394. The molecule has 3 heteroatoms. The van der Waals surface area contributed by atoms with E-state index in [1.807, 2.05) is 0 Å². The topological polar surface area (TPSA) is 46.5 Å². The zero-order chi connectivity index (χ0) is 41.0. The average molecular weight is 801 g/mol. The van der Waals surface area contributed by atoms with E-state index in [4.69, 9.17) is 4.74 Å². The molecule has 4 fully saturated rings. The molecule has 0 saturated heterocycles. The third-order valence-electron chi connectivity index (χ3n) is 13.6. The Morgan fingerprint density at radius 2 is 0.526 bits per heavy atom. The molecule has 57 heavy (non-hydrogen) atoms. The number of carbonyl (C=O) groups excluding carboxylic acids is 1. The minimum atomic E-state index is -0.339. The van der Waals surface area contributed by atoms with Gasteiger partial charge in [0.1, 0.15) is 0 Å². The highest BCUT2D eigenvalue weighted by Gasteiger charge is 2.30. The van der Waals surface area contributed by atoms with Gasteiger partial charge < -0.3 is 9.84 Å². The molecule has 4 rings (SSSR count). The predicted octanol–water partition coefficient (Wildman–Crippen LogP) is 18.4. The molecule has 0 bridgehead atoms. The molecule has 0 aromatic rings. The molecule has 4 aliphatic carbocycles. The largest absolute Gasteiger partial charge is 0.462 e. The number of rotatable bonds is 4. The number of hydrogen-bond donors (Lipinski definition) is 1. The molecule has 3 nitrogen and oxygen atoms in total. The van der Waals surface area contributed by atoms with E-state index < -0.39 is 0 Å². The van der Waals surface area contributed by atoms with Crippen LogP contribution in [0, 0.1) is 5.41 Å². The first-order valence-electron chi connectivity index (χ1n) is 26.5. The molecule has 0 unspecified atom stereocenters. The zero-order valence-corrected chi connectivity index (χ0v) is 39.1. The summed E-state index contributed by atoms with van der Waals surface area (Å²) in [6, 6.07) is 0. The molecule has 0 heterocycles. The monoisotopic (exact) mass is 801 g/mol. The summed E-state index contributed by atoms with van der Waals surface area (Å²) in [6.45, 7) is 5.71. The highest BCUT2D eigenvalue weighted by atomic mass is 16.5. The van der Waals surface area contributed by atoms with E-state index >= 15 is 0 Å². The van der Waals surface area contributed by atoms with Crippen LogP contribution in [-0.4, -0.2) is 24.3 Å². The van der Waals surface area contributed by atoms with Crippen molar-refractivity contribution in [3.05, 3.63) is 12.2 Å². The van der Waals surface area contributed by atoms with Crippen LogP contribution in [-0.2, 0) is 9.53 Å². The fourth-order valence-electron chi connectivity index (χ4n) is 9.42. The van der Waals surface area contributed by atoms with Crippen molar-refractivity contribution in [2.24, 2.45) is 5.41 Å². The SMILES string of the molecule is C1CCCCCCCCCCC1.C1CCCCCCCCCCC1.C1CCCCCCCCCCC1.C=C(C)C(=O)OCC1(CO)CCCCCCCCCCC1. The van der Waals surface area contributed by atoms with Gasteiger partial charge in [0.25, 0.3) is 0 Å². The number of ether oxygens (including phenoxy) is 1. The van der Waals surface area contributed by atoms with E-state index in [9.17, 15) is 9.90 Å². The van der Waals surface area contributed by atoms with Crippen molar-refractivity contribution in [3.63, 3.8) is 0 Å². The number of carbonyl (C=O) groups is 1. The van der Waals surface area contributed by atoms with Gasteiger partial charge in [0, 0.05) is 11.0 Å².